The Kier molecular flexibility index (Phi) is 3.05. The normalized spacial score (nSPS) is 21.1. The van der Waals surface area contributed by atoms with Gasteiger partial charge in [-0.15, -0.1) is 0 Å². The summed E-state index contributed by atoms with van der Waals surface area (Å²) in [5.41, 5.74) is 2.29. The van der Waals surface area contributed by atoms with Crippen LogP contribution in [0.15, 0.2) is 0 Å². The number of hydrogen-bond acceptors (Lipinski definition) is 4. The van der Waals surface area contributed by atoms with Crippen molar-refractivity contribution in [2.45, 2.75) is 30.3 Å². The van der Waals surface area contributed by atoms with E-state index in [1.807, 2.05) is 11.8 Å². The third kappa shape index (κ3) is 1.94. The summed E-state index contributed by atoms with van der Waals surface area (Å²) >= 11 is 8.06. The molecule has 3 heterocycles. The molecule has 5 heteroatoms. The molecule has 3 rings (SSSR count). The van der Waals surface area contributed by atoms with Crippen LogP contribution in [-0.2, 0) is 16.2 Å². The van der Waals surface area contributed by atoms with E-state index in [9.17, 15) is 0 Å². The minimum absolute atomic E-state index is 0.433. The number of nitrogens with zero attached hydrogens (tertiary/aromatic N) is 2. The molecule has 0 radical (unpaired) electrons. The Morgan fingerprint density at radius 2 is 2.00 bits per heavy atom. The number of ether oxygens (including phenoxy) is 1. The van der Waals surface area contributed by atoms with Crippen molar-refractivity contribution in [1.29, 1.82) is 0 Å². The predicted molar refractivity (Wildman–Crippen MR) is 64.8 cm³/mol. The minimum atomic E-state index is 0.433. The fourth-order valence-electron chi connectivity index (χ4n) is 2.17. The molecule has 86 valence electrons. The van der Waals surface area contributed by atoms with Crippen LogP contribution in [0.2, 0.25) is 5.15 Å². The molecule has 2 aliphatic rings. The molecule has 1 aromatic rings. The largest absolute Gasteiger partial charge is 0.381 e. The number of hydrogen-bond donors (Lipinski definition) is 0. The molecular weight excluding hydrogens is 244 g/mol. The molecule has 0 atom stereocenters. The molecule has 1 saturated heterocycles. The monoisotopic (exact) mass is 256 g/mol. The van der Waals surface area contributed by atoms with Crippen molar-refractivity contribution < 1.29 is 4.74 Å². The van der Waals surface area contributed by atoms with E-state index in [2.05, 4.69) is 9.97 Å². The zero-order valence-electron chi connectivity index (χ0n) is 8.91. The van der Waals surface area contributed by atoms with Crippen molar-refractivity contribution >= 4 is 23.4 Å². The van der Waals surface area contributed by atoms with Gasteiger partial charge >= 0.3 is 0 Å². The van der Waals surface area contributed by atoms with Gasteiger partial charge in [0.15, 0.2) is 0 Å². The molecule has 0 amide bonds. The number of aromatic nitrogens is 2. The Bertz CT molecular complexity index is 407. The van der Waals surface area contributed by atoms with E-state index >= 15 is 0 Å². The van der Waals surface area contributed by atoms with E-state index < -0.39 is 0 Å². The fraction of sp³-hybridized carbons (Fsp3) is 0.636. The van der Waals surface area contributed by atoms with Gasteiger partial charge in [-0.2, -0.15) is 11.8 Å². The first-order valence-corrected chi connectivity index (χ1v) is 7.08. The second-order valence-electron chi connectivity index (χ2n) is 4.18. The molecule has 0 spiro atoms. The fourth-order valence-corrected chi connectivity index (χ4v) is 3.55. The van der Waals surface area contributed by atoms with Crippen molar-refractivity contribution in [3.8, 4) is 0 Å². The highest BCUT2D eigenvalue weighted by Crippen LogP contribution is 2.34. The van der Waals surface area contributed by atoms with E-state index in [-0.39, 0.29) is 0 Å². The Morgan fingerprint density at radius 1 is 1.19 bits per heavy atom. The lowest BCUT2D eigenvalue weighted by Crippen LogP contribution is -2.17. The predicted octanol–water partition coefficient (Wildman–Crippen LogP) is 2.77. The number of rotatable bonds is 1. The Hall–Kier alpha value is -0.320. The van der Waals surface area contributed by atoms with Crippen LogP contribution in [-0.4, -0.2) is 23.2 Å². The van der Waals surface area contributed by atoms with Crippen LogP contribution in [0.25, 0.3) is 0 Å². The van der Waals surface area contributed by atoms with Gasteiger partial charge in [0.2, 0.25) is 0 Å². The molecule has 1 aromatic heterocycles. The lowest BCUT2D eigenvalue weighted by Gasteiger charge is -2.21. The molecule has 0 unspecified atom stereocenters. The summed E-state index contributed by atoms with van der Waals surface area (Å²) in [5, 5.41) is 0.663. The maximum Gasteiger partial charge on any atom is 0.137 e. The summed E-state index contributed by atoms with van der Waals surface area (Å²) in [6.07, 6.45) is 2.03. The topological polar surface area (TPSA) is 35.0 Å². The molecule has 0 bridgehead atoms. The first-order valence-electron chi connectivity index (χ1n) is 5.55. The molecule has 0 aromatic carbocycles. The van der Waals surface area contributed by atoms with Crippen LogP contribution in [0, 0.1) is 0 Å². The number of halogens is 1. The molecular formula is C11H13ClN2OS. The van der Waals surface area contributed by atoms with Crippen molar-refractivity contribution in [2.75, 3.05) is 13.2 Å². The first kappa shape index (κ1) is 10.8. The third-order valence-electron chi connectivity index (χ3n) is 3.13. The molecule has 0 aliphatic carbocycles. The lowest BCUT2D eigenvalue weighted by atomic mass is 9.99. The minimum Gasteiger partial charge on any atom is -0.381 e. The Balaban J connectivity index is 1.92. The highest BCUT2D eigenvalue weighted by Gasteiger charge is 2.23. The van der Waals surface area contributed by atoms with E-state index in [1.54, 1.807) is 0 Å². The van der Waals surface area contributed by atoms with Gasteiger partial charge in [-0.3, -0.25) is 0 Å². The van der Waals surface area contributed by atoms with Gasteiger partial charge in [0.05, 0.1) is 5.69 Å². The SMILES string of the molecule is Clc1nc(C2CCOCC2)nc2c1CSC2. The van der Waals surface area contributed by atoms with Gasteiger partial charge in [-0.25, -0.2) is 9.97 Å². The molecule has 3 nitrogen and oxygen atoms in total. The second-order valence-corrected chi connectivity index (χ2v) is 5.52. The molecule has 2 aliphatic heterocycles. The first-order chi connectivity index (χ1) is 7.84. The maximum absolute atomic E-state index is 6.20. The van der Waals surface area contributed by atoms with Gasteiger partial charge in [0.25, 0.3) is 0 Å². The van der Waals surface area contributed by atoms with E-state index in [0.29, 0.717) is 11.1 Å². The molecule has 1 fully saturated rings. The quantitative estimate of drug-likeness (QED) is 0.724. The van der Waals surface area contributed by atoms with E-state index in [4.69, 9.17) is 16.3 Å². The summed E-state index contributed by atoms with van der Waals surface area (Å²) in [6, 6.07) is 0. The standard InChI is InChI=1S/C11H13ClN2OS/c12-10-8-5-16-6-9(8)13-11(14-10)7-1-3-15-4-2-7/h7H,1-6H2. The Labute approximate surface area is 104 Å². The third-order valence-corrected chi connectivity index (χ3v) is 4.41. The summed E-state index contributed by atoms with van der Waals surface area (Å²) < 4.78 is 5.35. The van der Waals surface area contributed by atoms with Gasteiger partial charge in [-0.1, -0.05) is 11.6 Å². The van der Waals surface area contributed by atoms with Crippen LogP contribution in [0.4, 0.5) is 0 Å². The van der Waals surface area contributed by atoms with Crippen LogP contribution in [0.5, 0.6) is 0 Å². The van der Waals surface area contributed by atoms with Crippen molar-refractivity contribution in [2.24, 2.45) is 0 Å². The van der Waals surface area contributed by atoms with Crippen LogP contribution >= 0.6 is 23.4 Å². The van der Waals surface area contributed by atoms with Crippen LogP contribution < -0.4 is 0 Å². The highest BCUT2D eigenvalue weighted by atomic mass is 35.5. The van der Waals surface area contributed by atoms with Crippen molar-refractivity contribution in [3.63, 3.8) is 0 Å². The smallest absolute Gasteiger partial charge is 0.137 e. The number of thioether (sulfide) groups is 1. The second kappa shape index (κ2) is 4.51. The van der Waals surface area contributed by atoms with Crippen LogP contribution in [0.1, 0.15) is 35.8 Å². The average molecular weight is 257 g/mol. The molecule has 0 saturated carbocycles. The van der Waals surface area contributed by atoms with Crippen molar-refractivity contribution in [3.05, 3.63) is 22.2 Å². The van der Waals surface area contributed by atoms with Gasteiger partial charge < -0.3 is 4.74 Å². The zero-order chi connectivity index (χ0) is 11.0. The maximum atomic E-state index is 6.20. The summed E-state index contributed by atoms with van der Waals surface area (Å²) in [4.78, 5) is 9.12. The molecule has 16 heavy (non-hydrogen) atoms. The molecule has 0 N–H and O–H groups in total. The van der Waals surface area contributed by atoms with Gasteiger partial charge in [-0.05, 0) is 12.8 Å². The summed E-state index contributed by atoms with van der Waals surface area (Å²) in [6.45, 7) is 1.63. The van der Waals surface area contributed by atoms with E-state index in [0.717, 1.165) is 54.6 Å². The van der Waals surface area contributed by atoms with E-state index in [1.165, 1.54) is 0 Å². The van der Waals surface area contributed by atoms with Crippen molar-refractivity contribution in [1.82, 2.24) is 9.97 Å². The zero-order valence-corrected chi connectivity index (χ0v) is 10.5. The summed E-state index contributed by atoms with van der Waals surface area (Å²) in [7, 11) is 0. The average Bonchev–Trinajstić information content (AvgIpc) is 2.79. The highest BCUT2D eigenvalue weighted by molar-refractivity contribution is 7.98. The van der Waals surface area contributed by atoms with Gasteiger partial charge in [0.1, 0.15) is 11.0 Å². The lowest BCUT2D eigenvalue weighted by molar-refractivity contribution is 0.0835. The Morgan fingerprint density at radius 3 is 2.81 bits per heavy atom. The number of fused-ring (bicyclic) bond motifs is 1. The van der Waals surface area contributed by atoms with Crippen LogP contribution in [0.3, 0.4) is 0 Å². The summed E-state index contributed by atoms with van der Waals surface area (Å²) in [5.74, 6) is 3.30. The van der Waals surface area contributed by atoms with Gasteiger partial charge in [0, 0.05) is 36.2 Å².